The Labute approximate surface area is 164 Å². The third-order valence-corrected chi connectivity index (χ3v) is 4.57. The van der Waals surface area contributed by atoms with Crippen molar-refractivity contribution in [2.45, 2.75) is 6.61 Å². The van der Waals surface area contributed by atoms with E-state index in [1.807, 2.05) is 0 Å². The smallest absolute Gasteiger partial charge is 0.231 e. The highest BCUT2D eigenvalue weighted by Gasteiger charge is 2.27. The summed E-state index contributed by atoms with van der Waals surface area (Å²) in [7, 11) is 0. The summed E-state index contributed by atoms with van der Waals surface area (Å²) in [5.41, 5.74) is 1.71. The fourth-order valence-electron chi connectivity index (χ4n) is 2.77. The molecular weight excluding hydrogens is 386 g/mol. The molecule has 0 amide bonds. The number of halogens is 3. The Balaban J connectivity index is 1.51. The van der Waals surface area contributed by atoms with E-state index in [0.29, 0.717) is 28.2 Å². The number of ether oxygens (including phenoxy) is 2. The van der Waals surface area contributed by atoms with Gasteiger partial charge in [-0.15, -0.1) is 0 Å². The van der Waals surface area contributed by atoms with E-state index in [9.17, 15) is 13.6 Å². The van der Waals surface area contributed by atoms with Gasteiger partial charge in [-0.25, -0.2) is 8.78 Å². The number of hydrogen-bond acceptors (Lipinski definition) is 3. The molecule has 0 saturated carbocycles. The Morgan fingerprint density at radius 3 is 2.46 bits per heavy atom. The zero-order valence-corrected chi connectivity index (χ0v) is 15.2. The summed E-state index contributed by atoms with van der Waals surface area (Å²) in [6, 6.07) is 14.7. The predicted octanol–water partition coefficient (Wildman–Crippen LogP) is 5.81. The van der Waals surface area contributed by atoms with Gasteiger partial charge < -0.3 is 9.47 Å². The Bertz CT molecular complexity index is 1090. The number of fused-ring (bicyclic) bond motifs is 1. The maximum Gasteiger partial charge on any atom is 0.231 e. The highest BCUT2D eigenvalue weighted by Crippen LogP contribution is 2.35. The molecule has 1 aliphatic rings. The topological polar surface area (TPSA) is 35.5 Å². The minimum atomic E-state index is -0.418. The molecule has 3 aromatic carbocycles. The largest absolute Gasteiger partial charge is 0.489 e. The highest BCUT2D eigenvalue weighted by molar-refractivity contribution is 6.31. The molecule has 0 bridgehead atoms. The first-order valence-electron chi connectivity index (χ1n) is 8.40. The van der Waals surface area contributed by atoms with Gasteiger partial charge >= 0.3 is 0 Å². The van der Waals surface area contributed by atoms with Gasteiger partial charge in [0, 0.05) is 11.6 Å². The Morgan fingerprint density at radius 1 is 0.964 bits per heavy atom. The Kier molecular flexibility index (Phi) is 4.84. The molecule has 0 fully saturated rings. The number of carbonyl (C=O) groups is 1. The van der Waals surface area contributed by atoms with Crippen molar-refractivity contribution in [1.29, 1.82) is 0 Å². The summed E-state index contributed by atoms with van der Waals surface area (Å²) >= 11 is 5.99. The van der Waals surface area contributed by atoms with Gasteiger partial charge in [0.1, 0.15) is 29.7 Å². The first kappa shape index (κ1) is 18.2. The average molecular weight is 399 g/mol. The molecule has 0 saturated heterocycles. The number of Topliss-reactive ketones (excluding diaryl/α,β-unsaturated/α-hetero) is 1. The van der Waals surface area contributed by atoms with Crippen LogP contribution < -0.4 is 9.47 Å². The van der Waals surface area contributed by atoms with Crippen LogP contribution in [0.3, 0.4) is 0 Å². The molecule has 3 nitrogen and oxygen atoms in total. The average Bonchev–Trinajstić information content (AvgIpc) is 2.98. The van der Waals surface area contributed by atoms with Crippen molar-refractivity contribution >= 4 is 23.5 Å². The van der Waals surface area contributed by atoms with Gasteiger partial charge in [0.2, 0.25) is 5.78 Å². The summed E-state index contributed by atoms with van der Waals surface area (Å²) in [6.45, 7) is 0.143. The fourth-order valence-corrected chi connectivity index (χ4v) is 2.99. The lowest BCUT2D eigenvalue weighted by atomic mass is 10.1. The second-order valence-electron chi connectivity index (χ2n) is 6.17. The van der Waals surface area contributed by atoms with Gasteiger partial charge in [-0.2, -0.15) is 0 Å². The minimum Gasteiger partial charge on any atom is -0.489 e. The summed E-state index contributed by atoms with van der Waals surface area (Å²) in [4.78, 5) is 12.5. The summed E-state index contributed by atoms with van der Waals surface area (Å²) < 4.78 is 37.5. The molecule has 0 atom stereocenters. The molecule has 6 heteroatoms. The standard InChI is InChI=1S/C22H13ClF2O3/c23-19-10-16(25)6-3-14(19)12-27-17-7-8-18-20(11-17)28-21(22(18)26)9-13-1-4-15(24)5-2-13/h1-11H,12H2/b21-9-. The molecule has 0 aliphatic carbocycles. The first-order valence-corrected chi connectivity index (χ1v) is 8.78. The van der Waals surface area contributed by atoms with E-state index in [-0.39, 0.29) is 29.0 Å². The SMILES string of the molecule is O=C1/C(=C/c2ccc(F)cc2)Oc2cc(OCc3ccc(F)cc3Cl)ccc21. The van der Waals surface area contributed by atoms with Crippen LogP contribution >= 0.6 is 11.6 Å². The predicted molar refractivity (Wildman–Crippen MR) is 102 cm³/mol. The molecule has 3 aromatic rings. The van der Waals surface area contributed by atoms with Crippen molar-refractivity contribution in [2.24, 2.45) is 0 Å². The molecule has 0 spiro atoms. The molecule has 1 heterocycles. The molecule has 140 valence electrons. The third kappa shape index (κ3) is 3.75. The van der Waals surface area contributed by atoms with Crippen molar-refractivity contribution in [3.05, 3.63) is 99.8 Å². The van der Waals surface area contributed by atoms with E-state index in [0.717, 1.165) is 0 Å². The van der Waals surface area contributed by atoms with Gasteiger partial charge in [-0.3, -0.25) is 4.79 Å². The van der Waals surface area contributed by atoms with Crippen LogP contribution in [0.2, 0.25) is 5.02 Å². The highest BCUT2D eigenvalue weighted by atomic mass is 35.5. The Morgan fingerprint density at radius 2 is 1.71 bits per heavy atom. The maximum absolute atomic E-state index is 13.1. The zero-order chi connectivity index (χ0) is 19.7. The minimum absolute atomic E-state index is 0.143. The maximum atomic E-state index is 13.1. The lowest BCUT2D eigenvalue weighted by molar-refractivity contribution is 0.101. The molecule has 0 aromatic heterocycles. The van der Waals surface area contributed by atoms with Crippen molar-refractivity contribution in [3.63, 3.8) is 0 Å². The normalized spacial score (nSPS) is 14.1. The monoisotopic (exact) mass is 398 g/mol. The van der Waals surface area contributed by atoms with E-state index in [1.165, 1.54) is 24.3 Å². The van der Waals surface area contributed by atoms with Crippen LogP contribution in [-0.4, -0.2) is 5.78 Å². The van der Waals surface area contributed by atoms with E-state index < -0.39 is 5.82 Å². The van der Waals surface area contributed by atoms with Gasteiger partial charge in [0.05, 0.1) is 10.6 Å². The number of hydrogen-bond donors (Lipinski definition) is 0. The van der Waals surface area contributed by atoms with Crippen LogP contribution in [0.1, 0.15) is 21.5 Å². The molecule has 0 unspecified atom stereocenters. The molecule has 1 aliphatic heterocycles. The molecular formula is C22H13ClF2O3. The Hall–Kier alpha value is -3.18. The van der Waals surface area contributed by atoms with E-state index in [1.54, 1.807) is 42.5 Å². The van der Waals surface area contributed by atoms with Crippen molar-refractivity contribution in [2.75, 3.05) is 0 Å². The van der Waals surface area contributed by atoms with Crippen LogP contribution in [0.25, 0.3) is 6.08 Å². The van der Waals surface area contributed by atoms with Crippen LogP contribution in [0.5, 0.6) is 11.5 Å². The lowest BCUT2D eigenvalue weighted by Gasteiger charge is -2.08. The molecule has 0 N–H and O–H groups in total. The van der Waals surface area contributed by atoms with Gasteiger partial charge in [-0.1, -0.05) is 29.8 Å². The van der Waals surface area contributed by atoms with Gasteiger partial charge in [0.15, 0.2) is 5.76 Å². The second-order valence-corrected chi connectivity index (χ2v) is 6.58. The van der Waals surface area contributed by atoms with Crippen LogP contribution in [0.15, 0.2) is 66.4 Å². The zero-order valence-electron chi connectivity index (χ0n) is 14.4. The molecule has 28 heavy (non-hydrogen) atoms. The number of allylic oxidation sites excluding steroid dienone is 1. The van der Waals surface area contributed by atoms with Crippen molar-refractivity contribution in [1.82, 2.24) is 0 Å². The van der Waals surface area contributed by atoms with E-state index in [2.05, 4.69) is 0 Å². The molecule has 0 radical (unpaired) electrons. The number of benzene rings is 3. The molecule has 4 rings (SSSR count). The van der Waals surface area contributed by atoms with E-state index >= 15 is 0 Å². The number of rotatable bonds is 4. The van der Waals surface area contributed by atoms with Crippen molar-refractivity contribution in [3.8, 4) is 11.5 Å². The number of ketones is 1. The lowest BCUT2D eigenvalue weighted by Crippen LogP contribution is -1.98. The van der Waals surface area contributed by atoms with Crippen LogP contribution in [0.4, 0.5) is 8.78 Å². The fraction of sp³-hybridized carbons (Fsp3) is 0.0455. The second kappa shape index (κ2) is 7.44. The first-order chi connectivity index (χ1) is 13.5. The van der Waals surface area contributed by atoms with Gasteiger partial charge in [0.25, 0.3) is 0 Å². The van der Waals surface area contributed by atoms with Crippen molar-refractivity contribution < 1.29 is 23.0 Å². The van der Waals surface area contributed by atoms with E-state index in [4.69, 9.17) is 21.1 Å². The third-order valence-electron chi connectivity index (χ3n) is 4.22. The summed E-state index contributed by atoms with van der Waals surface area (Å²) in [5.74, 6) is -0.0188. The van der Waals surface area contributed by atoms with Crippen LogP contribution in [-0.2, 0) is 6.61 Å². The number of carbonyl (C=O) groups excluding carboxylic acids is 1. The summed E-state index contributed by atoms with van der Waals surface area (Å²) in [6.07, 6.45) is 1.56. The van der Waals surface area contributed by atoms with Crippen LogP contribution in [0, 0.1) is 11.6 Å². The quantitative estimate of drug-likeness (QED) is 0.520. The summed E-state index contributed by atoms with van der Waals surface area (Å²) in [5, 5.41) is 0.275. The van der Waals surface area contributed by atoms with Gasteiger partial charge in [-0.05, 0) is 48.0 Å².